The van der Waals surface area contributed by atoms with Crippen LogP contribution in [0.5, 0.6) is 0 Å². The fraction of sp³-hybridized carbons (Fsp3) is 0.238. The third kappa shape index (κ3) is 4.95. The molecular weight excluding hydrogens is 401 g/mol. The van der Waals surface area contributed by atoms with E-state index in [1.165, 1.54) is 16.7 Å². The number of thiazole rings is 1. The Balaban J connectivity index is 1.73. The van der Waals surface area contributed by atoms with Crippen molar-refractivity contribution in [1.29, 1.82) is 0 Å². The summed E-state index contributed by atoms with van der Waals surface area (Å²) >= 11 is 0.829. The second-order valence-electron chi connectivity index (χ2n) is 6.74. The largest absolute Gasteiger partial charge is 0.416 e. The summed E-state index contributed by atoms with van der Waals surface area (Å²) in [5.41, 5.74) is 2.14. The number of alkyl halides is 3. The first-order valence-corrected chi connectivity index (χ1v) is 9.67. The molecule has 1 amide bonds. The van der Waals surface area contributed by atoms with Gasteiger partial charge in [-0.15, -0.1) is 0 Å². The minimum absolute atomic E-state index is 0.0632. The van der Waals surface area contributed by atoms with Crippen LogP contribution in [0.1, 0.15) is 37.6 Å². The standard InChI is InChI=1S/C21H19F3N2O2S/c1-13-6-8-15(9-7-13)12-26-14(2)18(29-20(26)28)19(27)25-11-16-4-3-5-17(10-16)21(22,23)24/h3-10H,11-12H2,1-2H3,(H,25,27). The number of carbonyl (C=O) groups is 1. The van der Waals surface area contributed by atoms with E-state index in [1.807, 2.05) is 31.2 Å². The molecule has 0 aliphatic carbocycles. The van der Waals surface area contributed by atoms with Crippen LogP contribution >= 0.6 is 11.3 Å². The van der Waals surface area contributed by atoms with E-state index in [2.05, 4.69) is 5.32 Å². The van der Waals surface area contributed by atoms with Crippen molar-refractivity contribution in [2.24, 2.45) is 0 Å². The number of rotatable bonds is 5. The van der Waals surface area contributed by atoms with Crippen LogP contribution in [0.2, 0.25) is 0 Å². The van der Waals surface area contributed by atoms with Gasteiger partial charge in [-0.1, -0.05) is 53.3 Å². The van der Waals surface area contributed by atoms with Gasteiger partial charge in [0.25, 0.3) is 5.91 Å². The number of nitrogens with one attached hydrogen (secondary N) is 1. The summed E-state index contributed by atoms with van der Waals surface area (Å²) in [6.45, 7) is 3.94. The molecule has 0 bridgehead atoms. The summed E-state index contributed by atoms with van der Waals surface area (Å²) in [7, 11) is 0. The molecule has 1 heterocycles. The molecule has 0 fully saturated rings. The molecule has 29 heavy (non-hydrogen) atoms. The lowest BCUT2D eigenvalue weighted by atomic mass is 10.1. The molecule has 3 aromatic rings. The molecule has 152 valence electrons. The van der Waals surface area contributed by atoms with Gasteiger partial charge in [-0.05, 0) is 37.1 Å². The molecule has 3 rings (SSSR count). The second kappa shape index (κ2) is 8.24. The predicted octanol–water partition coefficient (Wildman–Crippen LogP) is 4.52. The van der Waals surface area contributed by atoms with Gasteiger partial charge < -0.3 is 5.32 Å². The fourth-order valence-corrected chi connectivity index (χ4v) is 3.77. The van der Waals surface area contributed by atoms with Gasteiger partial charge in [-0.25, -0.2) is 0 Å². The van der Waals surface area contributed by atoms with Crippen LogP contribution in [0.3, 0.4) is 0 Å². The normalized spacial score (nSPS) is 11.5. The maximum absolute atomic E-state index is 12.8. The number of amides is 1. The van der Waals surface area contributed by atoms with Gasteiger partial charge in [-0.3, -0.25) is 14.2 Å². The van der Waals surface area contributed by atoms with Crippen molar-refractivity contribution in [3.05, 3.63) is 91.0 Å². The Morgan fingerprint density at radius 2 is 1.76 bits per heavy atom. The highest BCUT2D eigenvalue weighted by Crippen LogP contribution is 2.29. The van der Waals surface area contributed by atoms with Crippen molar-refractivity contribution in [3.8, 4) is 0 Å². The lowest BCUT2D eigenvalue weighted by molar-refractivity contribution is -0.137. The molecule has 1 N–H and O–H groups in total. The Labute approximate surface area is 169 Å². The number of nitrogens with zero attached hydrogens (tertiary/aromatic N) is 1. The zero-order chi connectivity index (χ0) is 21.2. The monoisotopic (exact) mass is 420 g/mol. The number of halogens is 3. The first-order chi connectivity index (χ1) is 13.6. The van der Waals surface area contributed by atoms with Gasteiger partial charge in [0.15, 0.2) is 0 Å². The number of carbonyl (C=O) groups excluding carboxylic acids is 1. The molecule has 0 aliphatic rings. The Kier molecular flexibility index (Phi) is 5.93. The summed E-state index contributed by atoms with van der Waals surface area (Å²) in [5, 5.41) is 2.60. The lowest BCUT2D eigenvalue weighted by Gasteiger charge is -2.10. The topological polar surface area (TPSA) is 51.1 Å². The van der Waals surface area contributed by atoms with E-state index < -0.39 is 17.6 Å². The summed E-state index contributed by atoms with van der Waals surface area (Å²) in [6.07, 6.45) is -4.44. The van der Waals surface area contributed by atoms with Gasteiger partial charge in [0.05, 0.1) is 12.1 Å². The van der Waals surface area contributed by atoms with E-state index in [0.29, 0.717) is 17.8 Å². The zero-order valence-electron chi connectivity index (χ0n) is 15.8. The molecule has 0 atom stereocenters. The second-order valence-corrected chi connectivity index (χ2v) is 7.70. The van der Waals surface area contributed by atoms with Crippen molar-refractivity contribution >= 4 is 17.2 Å². The van der Waals surface area contributed by atoms with Crippen LogP contribution in [0.4, 0.5) is 13.2 Å². The number of aromatic nitrogens is 1. The lowest BCUT2D eigenvalue weighted by Crippen LogP contribution is -2.23. The zero-order valence-corrected chi connectivity index (χ0v) is 16.7. The number of aryl methyl sites for hydroxylation is 1. The summed E-state index contributed by atoms with van der Waals surface area (Å²) in [5.74, 6) is -0.482. The van der Waals surface area contributed by atoms with Crippen LogP contribution in [0.15, 0.2) is 53.3 Å². The SMILES string of the molecule is Cc1ccc(Cn2c(C)c(C(=O)NCc3cccc(C(F)(F)F)c3)sc2=O)cc1. The summed E-state index contributed by atoms with van der Waals surface area (Å²) < 4.78 is 40.0. The first kappa shape index (κ1) is 20.9. The molecule has 8 heteroatoms. The number of hydrogen-bond acceptors (Lipinski definition) is 3. The third-order valence-electron chi connectivity index (χ3n) is 4.52. The average molecular weight is 420 g/mol. The molecule has 1 aromatic heterocycles. The number of hydrogen-bond donors (Lipinski definition) is 1. The first-order valence-electron chi connectivity index (χ1n) is 8.85. The van der Waals surface area contributed by atoms with Gasteiger partial charge in [-0.2, -0.15) is 13.2 Å². The van der Waals surface area contributed by atoms with Crippen LogP contribution in [0, 0.1) is 13.8 Å². The molecule has 0 aliphatic heterocycles. The van der Waals surface area contributed by atoms with Gasteiger partial charge >= 0.3 is 11.0 Å². The highest BCUT2D eigenvalue weighted by atomic mass is 32.1. The predicted molar refractivity (Wildman–Crippen MR) is 106 cm³/mol. The minimum atomic E-state index is -4.44. The van der Waals surface area contributed by atoms with Crippen molar-refractivity contribution in [2.45, 2.75) is 33.1 Å². The smallest absolute Gasteiger partial charge is 0.347 e. The molecule has 0 spiro atoms. The van der Waals surface area contributed by atoms with Crippen LogP contribution in [0.25, 0.3) is 0 Å². The fourth-order valence-electron chi connectivity index (χ4n) is 2.87. The van der Waals surface area contributed by atoms with Gasteiger partial charge in [0.1, 0.15) is 4.88 Å². The van der Waals surface area contributed by atoms with E-state index in [-0.39, 0.29) is 16.3 Å². The van der Waals surface area contributed by atoms with E-state index >= 15 is 0 Å². The summed E-state index contributed by atoms with van der Waals surface area (Å²) in [4.78, 5) is 24.9. The van der Waals surface area contributed by atoms with E-state index in [4.69, 9.17) is 0 Å². The van der Waals surface area contributed by atoms with E-state index in [0.717, 1.165) is 34.6 Å². The van der Waals surface area contributed by atoms with Gasteiger partial charge in [0, 0.05) is 12.2 Å². The molecule has 2 aromatic carbocycles. The highest BCUT2D eigenvalue weighted by Gasteiger charge is 2.30. The Morgan fingerprint density at radius 1 is 1.07 bits per heavy atom. The Bertz CT molecular complexity index is 1080. The third-order valence-corrected chi connectivity index (χ3v) is 5.60. The van der Waals surface area contributed by atoms with Crippen LogP contribution in [-0.2, 0) is 19.3 Å². The van der Waals surface area contributed by atoms with Crippen molar-refractivity contribution in [2.75, 3.05) is 0 Å². The van der Waals surface area contributed by atoms with Crippen molar-refractivity contribution < 1.29 is 18.0 Å². The average Bonchev–Trinajstić information content (AvgIpc) is 2.95. The van der Waals surface area contributed by atoms with Crippen LogP contribution < -0.4 is 10.2 Å². The maximum atomic E-state index is 12.8. The van der Waals surface area contributed by atoms with E-state index in [9.17, 15) is 22.8 Å². The molecular formula is C21H19F3N2O2S. The molecule has 4 nitrogen and oxygen atoms in total. The number of benzene rings is 2. The molecule has 0 radical (unpaired) electrons. The van der Waals surface area contributed by atoms with Crippen molar-refractivity contribution in [3.63, 3.8) is 0 Å². The van der Waals surface area contributed by atoms with E-state index in [1.54, 1.807) is 6.92 Å². The van der Waals surface area contributed by atoms with Crippen molar-refractivity contribution in [1.82, 2.24) is 9.88 Å². The molecule has 0 saturated heterocycles. The van der Waals surface area contributed by atoms with Crippen LogP contribution in [-0.4, -0.2) is 10.5 Å². The molecule has 0 saturated carbocycles. The Morgan fingerprint density at radius 3 is 2.41 bits per heavy atom. The van der Waals surface area contributed by atoms with Gasteiger partial charge in [0.2, 0.25) is 0 Å². The summed E-state index contributed by atoms with van der Waals surface area (Å²) in [6, 6.07) is 12.5. The molecule has 0 unspecified atom stereocenters. The Hall–Kier alpha value is -2.87. The quantitative estimate of drug-likeness (QED) is 0.660. The highest BCUT2D eigenvalue weighted by molar-refractivity contribution is 7.11. The minimum Gasteiger partial charge on any atom is -0.347 e. The maximum Gasteiger partial charge on any atom is 0.416 e.